The zero-order valence-electron chi connectivity index (χ0n) is 8.13. The van der Waals surface area contributed by atoms with Gasteiger partial charge in [0.15, 0.2) is 6.29 Å². The smallest absolute Gasteiger partial charge is 0.153 e. The second-order valence-electron chi connectivity index (χ2n) is 3.42. The first-order valence-electron chi connectivity index (χ1n) is 4.78. The van der Waals surface area contributed by atoms with E-state index in [1.165, 1.54) is 0 Å². The van der Waals surface area contributed by atoms with Gasteiger partial charge in [-0.05, 0) is 12.1 Å². The molecule has 1 aliphatic heterocycles. The molecule has 0 unspecified atom stereocenters. The molecule has 0 aromatic heterocycles. The van der Waals surface area contributed by atoms with Crippen molar-refractivity contribution in [3.8, 4) is 5.75 Å². The minimum absolute atomic E-state index is 0.286. The maximum absolute atomic E-state index is 10.7. The van der Waals surface area contributed by atoms with Crippen LogP contribution in [-0.4, -0.2) is 36.8 Å². The Balaban J connectivity index is 2.12. The van der Waals surface area contributed by atoms with Crippen molar-refractivity contribution in [2.45, 2.75) is 12.2 Å². The minimum atomic E-state index is -0.621. The van der Waals surface area contributed by atoms with Crippen LogP contribution in [0.2, 0.25) is 0 Å². The molecule has 1 fully saturated rings. The molecule has 1 aromatic carbocycles. The third kappa shape index (κ3) is 2.16. The molecule has 1 saturated heterocycles. The van der Waals surface area contributed by atoms with Crippen LogP contribution < -0.4 is 4.74 Å². The van der Waals surface area contributed by atoms with Crippen molar-refractivity contribution < 1.29 is 19.4 Å². The van der Waals surface area contributed by atoms with Crippen LogP contribution in [0.15, 0.2) is 24.3 Å². The minimum Gasteiger partial charge on any atom is -0.484 e. The van der Waals surface area contributed by atoms with E-state index in [9.17, 15) is 9.90 Å². The summed E-state index contributed by atoms with van der Waals surface area (Å²) in [6, 6.07) is 6.92. The maximum atomic E-state index is 10.7. The molecule has 1 aromatic rings. The lowest BCUT2D eigenvalue weighted by Gasteiger charge is -2.16. The summed E-state index contributed by atoms with van der Waals surface area (Å²) in [5.74, 6) is 0.488. The first-order chi connectivity index (χ1) is 7.31. The van der Waals surface area contributed by atoms with E-state index in [4.69, 9.17) is 9.47 Å². The predicted octanol–water partition coefficient (Wildman–Crippen LogP) is 0.638. The van der Waals surface area contributed by atoms with Crippen molar-refractivity contribution in [3.63, 3.8) is 0 Å². The summed E-state index contributed by atoms with van der Waals surface area (Å²) in [5, 5.41) is 9.48. The molecule has 0 aliphatic carbocycles. The zero-order chi connectivity index (χ0) is 10.7. The number of hydrogen-bond donors (Lipinski definition) is 1. The number of aliphatic hydroxyl groups excluding tert-OH is 1. The quantitative estimate of drug-likeness (QED) is 0.740. The van der Waals surface area contributed by atoms with Gasteiger partial charge in [0.2, 0.25) is 0 Å². The Morgan fingerprint density at radius 2 is 2.20 bits per heavy atom. The summed E-state index contributed by atoms with van der Waals surface area (Å²) in [6.45, 7) is 0.641. The van der Waals surface area contributed by atoms with Gasteiger partial charge >= 0.3 is 0 Å². The summed E-state index contributed by atoms with van der Waals surface area (Å²) >= 11 is 0. The van der Waals surface area contributed by atoms with Gasteiger partial charge in [-0.2, -0.15) is 0 Å². The summed E-state index contributed by atoms with van der Waals surface area (Å²) in [4.78, 5) is 10.7. The molecule has 1 aliphatic rings. The Labute approximate surface area is 87.4 Å². The Morgan fingerprint density at radius 1 is 1.40 bits per heavy atom. The Morgan fingerprint density at radius 3 is 2.87 bits per heavy atom. The van der Waals surface area contributed by atoms with Gasteiger partial charge in [-0.25, -0.2) is 0 Å². The molecule has 1 heterocycles. The average molecular weight is 208 g/mol. The van der Waals surface area contributed by atoms with E-state index in [-0.39, 0.29) is 12.7 Å². The van der Waals surface area contributed by atoms with Crippen LogP contribution >= 0.6 is 0 Å². The molecule has 2 rings (SSSR count). The van der Waals surface area contributed by atoms with Crippen molar-refractivity contribution in [2.24, 2.45) is 0 Å². The number of ether oxygens (including phenoxy) is 2. The predicted molar refractivity (Wildman–Crippen MR) is 53.1 cm³/mol. The van der Waals surface area contributed by atoms with Crippen LogP contribution in [0, 0.1) is 0 Å². The van der Waals surface area contributed by atoms with Crippen molar-refractivity contribution in [2.75, 3.05) is 13.2 Å². The summed E-state index contributed by atoms with van der Waals surface area (Å²) in [6.07, 6.45) is -0.270. The van der Waals surface area contributed by atoms with Gasteiger partial charge in [0.1, 0.15) is 18.0 Å². The number of benzene rings is 1. The first kappa shape index (κ1) is 10.1. The van der Waals surface area contributed by atoms with E-state index < -0.39 is 6.10 Å². The second-order valence-corrected chi connectivity index (χ2v) is 3.42. The number of carbonyl (C=O) groups is 1. The van der Waals surface area contributed by atoms with Gasteiger partial charge in [-0.15, -0.1) is 0 Å². The van der Waals surface area contributed by atoms with E-state index in [0.717, 1.165) is 6.29 Å². The van der Waals surface area contributed by atoms with Crippen molar-refractivity contribution in [3.05, 3.63) is 29.8 Å². The van der Waals surface area contributed by atoms with E-state index in [1.807, 2.05) is 0 Å². The molecule has 4 nitrogen and oxygen atoms in total. The van der Waals surface area contributed by atoms with Gasteiger partial charge in [0.25, 0.3) is 0 Å². The van der Waals surface area contributed by atoms with E-state index in [0.29, 0.717) is 17.9 Å². The molecule has 4 heteroatoms. The van der Waals surface area contributed by atoms with Crippen LogP contribution in [0.5, 0.6) is 5.75 Å². The highest BCUT2D eigenvalue weighted by molar-refractivity contribution is 5.79. The highest BCUT2D eigenvalue weighted by atomic mass is 16.6. The highest BCUT2D eigenvalue weighted by Gasteiger charge is 2.28. The third-order valence-electron chi connectivity index (χ3n) is 2.32. The monoisotopic (exact) mass is 208 g/mol. The van der Waals surface area contributed by atoms with Crippen molar-refractivity contribution in [1.29, 1.82) is 0 Å². The number of hydrogen-bond acceptors (Lipinski definition) is 4. The molecular formula is C11H12O4. The summed E-state index contributed by atoms with van der Waals surface area (Å²) in [7, 11) is 0. The third-order valence-corrected chi connectivity index (χ3v) is 2.32. The number of rotatable bonds is 3. The molecule has 0 spiro atoms. The standard InChI is InChI=1S/C11H12O4/c12-5-8-3-1-2-4-10(8)15-11-7-14-6-9(11)13/h1-5,9,11,13H,6-7H2/t9-,11-/m0/s1. The van der Waals surface area contributed by atoms with Crippen LogP contribution in [0.1, 0.15) is 10.4 Å². The molecule has 0 amide bonds. The van der Waals surface area contributed by atoms with Crippen molar-refractivity contribution >= 4 is 6.29 Å². The lowest BCUT2D eigenvalue weighted by atomic mass is 10.2. The molecule has 2 atom stereocenters. The van der Waals surface area contributed by atoms with E-state index >= 15 is 0 Å². The molecule has 15 heavy (non-hydrogen) atoms. The van der Waals surface area contributed by atoms with Crippen molar-refractivity contribution in [1.82, 2.24) is 0 Å². The fourth-order valence-electron chi connectivity index (χ4n) is 1.48. The maximum Gasteiger partial charge on any atom is 0.153 e. The fraction of sp³-hybridized carbons (Fsp3) is 0.364. The molecule has 1 N–H and O–H groups in total. The lowest BCUT2D eigenvalue weighted by Crippen LogP contribution is -2.30. The van der Waals surface area contributed by atoms with Gasteiger partial charge < -0.3 is 14.6 Å². The second kappa shape index (κ2) is 4.42. The Kier molecular flexibility index (Phi) is 2.99. The lowest BCUT2D eigenvalue weighted by molar-refractivity contribution is 0.0724. The van der Waals surface area contributed by atoms with Crippen LogP contribution in [0.25, 0.3) is 0 Å². The Bertz CT molecular complexity index is 350. The first-order valence-corrected chi connectivity index (χ1v) is 4.78. The highest BCUT2D eigenvalue weighted by Crippen LogP contribution is 2.20. The molecular weight excluding hydrogens is 196 g/mol. The molecule has 0 bridgehead atoms. The fourth-order valence-corrected chi connectivity index (χ4v) is 1.48. The topological polar surface area (TPSA) is 55.8 Å². The van der Waals surface area contributed by atoms with Crippen LogP contribution in [-0.2, 0) is 4.74 Å². The summed E-state index contributed by atoms with van der Waals surface area (Å²) in [5.41, 5.74) is 0.483. The molecule has 0 saturated carbocycles. The molecule has 0 radical (unpaired) electrons. The Hall–Kier alpha value is -1.39. The SMILES string of the molecule is O=Cc1ccccc1O[C@H]1COC[C@@H]1O. The number of carbonyl (C=O) groups excluding carboxylic acids is 1. The van der Waals surface area contributed by atoms with Crippen LogP contribution in [0.3, 0.4) is 0 Å². The number of aldehydes is 1. The van der Waals surface area contributed by atoms with Gasteiger partial charge in [0, 0.05) is 0 Å². The average Bonchev–Trinajstić information content (AvgIpc) is 2.65. The zero-order valence-corrected chi connectivity index (χ0v) is 8.13. The van der Waals surface area contributed by atoms with E-state index in [1.54, 1.807) is 24.3 Å². The summed E-state index contributed by atoms with van der Waals surface area (Å²) < 4.78 is 10.6. The van der Waals surface area contributed by atoms with Gasteiger partial charge in [-0.1, -0.05) is 12.1 Å². The molecule has 80 valence electrons. The van der Waals surface area contributed by atoms with Gasteiger partial charge in [-0.3, -0.25) is 4.79 Å². The largest absolute Gasteiger partial charge is 0.484 e. The van der Waals surface area contributed by atoms with E-state index in [2.05, 4.69) is 0 Å². The number of aliphatic hydroxyl groups is 1. The number of para-hydroxylation sites is 1. The normalized spacial score (nSPS) is 25.1. The van der Waals surface area contributed by atoms with Gasteiger partial charge in [0.05, 0.1) is 18.8 Å². The van der Waals surface area contributed by atoms with Crippen LogP contribution in [0.4, 0.5) is 0 Å².